The van der Waals surface area contributed by atoms with Gasteiger partial charge in [-0.3, -0.25) is 4.79 Å². The number of rotatable bonds is 12. The van der Waals surface area contributed by atoms with Gasteiger partial charge in [-0.1, -0.05) is 5.11 Å². The average molecular weight is 733 g/mol. The number of nitrogens with one attached hydrogen (secondary N) is 1. The fraction of sp³-hybridized carbons (Fsp3) is 0.962. The Labute approximate surface area is 282 Å². The van der Waals surface area contributed by atoms with Crippen molar-refractivity contribution in [2.75, 3.05) is 26.4 Å². The third-order valence-electron chi connectivity index (χ3n) is 8.77. The molecule has 50 heavy (non-hydrogen) atoms. The molecule has 4 fully saturated rings. The Morgan fingerprint density at radius 1 is 0.600 bits per heavy atom. The summed E-state index contributed by atoms with van der Waals surface area (Å²) in [4.78, 5) is 14.3. The van der Waals surface area contributed by atoms with E-state index < -0.39 is 155 Å². The fourth-order valence-corrected chi connectivity index (χ4v) is 6.09. The first-order chi connectivity index (χ1) is 23.7. The van der Waals surface area contributed by atoms with Crippen LogP contribution in [-0.4, -0.2) is 216 Å². The van der Waals surface area contributed by atoms with Crippen LogP contribution >= 0.6 is 0 Å². The summed E-state index contributed by atoms with van der Waals surface area (Å²) in [5.74, 6) is -0.698. The molecule has 0 saturated carbocycles. The Morgan fingerprint density at radius 3 is 1.60 bits per heavy atom. The normalized spacial score (nSPS) is 48.4. The van der Waals surface area contributed by atoms with Crippen molar-refractivity contribution in [2.24, 2.45) is 5.11 Å². The lowest BCUT2D eigenvalue weighted by atomic mass is 9.95. The van der Waals surface area contributed by atoms with Crippen molar-refractivity contribution in [3.63, 3.8) is 0 Å². The highest BCUT2D eigenvalue weighted by Gasteiger charge is 2.55. The SMILES string of the molecule is CC(=O)N[C@H]1[C@H](O[C@H]2[C@@H](O)[C@@H](CO)O[C@H](O[C@@H]3[C@H](O)[C@@H](O)[C@H](O[C@H]4[C@H](O)[C@@H](O)C(N=[N+]=[N-])O[C@@H]4CO)O[C@@H]3CO)[C@@H]2O)O[C@H](CO)[C@H](O)[C@@H]1O. The number of amides is 1. The van der Waals surface area contributed by atoms with E-state index in [0.717, 1.165) is 6.92 Å². The molecule has 1 amide bonds. The molecule has 24 nitrogen and oxygen atoms in total. The number of nitrogens with zero attached hydrogens (tertiary/aromatic N) is 3. The minimum absolute atomic E-state index is 0.698. The van der Waals surface area contributed by atoms with E-state index in [2.05, 4.69) is 15.3 Å². The third-order valence-corrected chi connectivity index (χ3v) is 8.77. The van der Waals surface area contributed by atoms with Crippen LogP contribution in [0.25, 0.3) is 10.4 Å². The van der Waals surface area contributed by atoms with Crippen LogP contribution in [0.1, 0.15) is 6.92 Å². The van der Waals surface area contributed by atoms with Crippen molar-refractivity contribution in [1.82, 2.24) is 5.32 Å². The average Bonchev–Trinajstić information content (AvgIpc) is 3.09. The largest absolute Gasteiger partial charge is 0.394 e. The highest BCUT2D eigenvalue weighted by Crippen LogP contribution is 2.34. The van der Waals surface area contributed by atoms with Gasteiger partial charge in [0.15, 0.2) is 25.1 Å². The molecule has 4 aliphatic heterocycles. The van der Waals surface area contributed by atoms with Crippen LogP contribution in [0.2, 0.25) is 0 Å². The summed E-state index contributed by atoms with van der Waals surface area (Å²) in [5.41, 5.74) is 8.67. The molecule has 4 saturated heterocycles. The number of aliphatic hydroxyl groups excluding tert-OH is 12. The minimum atomic E-state index is -2.05. The molecular formula is C26H44N4O20. The molecule has 20 atom stereocenters. The Hall–Kier alpha value is -1.98. The van der Waals surface area contributed by atoms with E-state index in [1.807, 2.05) is 0 Å². The maximum Gasteiger partial charge on any atom is 0.217 e. The van der Waals surface area contributed by atoms with Crippen molar-refractivity contribution in [2.45, 2.75) is 130 Å². The second-order valence-corrected chi connectivity index (χ2v) is 12.1. The number of carbonyl (C=O) groups is 1. The van der Waals surface area contributed by atoms with Gasteiger partial charge in [0.25, 0.3) is 0 Å². The van der Waals surface area contributed by atoms with E-state index in [1.165, 1.54) is 0 Å². The van der Waals surface area contributed by atoms with E-state index in [-0.39, 0.29) is 0 Å². The Balaban J connectivity index is 1.51. The first-order valence-corrected chi connectivity index (χ1v) is 15.5. The summed E-state index contributed by atoms with van der Waals surface area (Å²) in [7, 11) is 0. The topological polar surface area (TPSA) is 385 Å². The summed E-state index contributed by atoms with van der Waals surface area (Å²) >= 11 is 0. The van der Waals surface area contributed by atoms with Gasteiger partial charge in [-0.15, -0.1) is 0 Å². The lowest BCUT2D eigenvalue weighted by molar-refractivity contribution is -0.382. The van der Waals surface area contributed by atoms with Crippen molar-refractivity contribution < 1.29 is 99.2 Å². The zero-order valence-electron chi connectivity index (χ0n) is 26.3. The number of hydrogen-bond acceptors (Lipinski definition) is 21. The van der Waals surface area contributed by atoms with Crippen molar-refractivity contribution in [1.29, 1.82) is 0 Å². The molecule has 0 aromatic carbocycles. The smallest absolute Gasteiger partial charge is 0.217 e. The number of azide groups is 1. The first kappa shape index (κ1) is 40.8. The molecule has 0 aliphatic carbocycles. The molecule has 4 aliphatic rings. The van der Waals surface area contributed by atoms with Crippen LogP contribution in [0.15, 0.2) is 5.11 Å². The Kier molecular flexibility index (Phi) is 14.4. The monoisotopic (exact) mass is 732 g/mol. The zero-order chi connectivity index (χ0) is 37.0. The van der Waals surface area contributed by atoms with E-state index in [1.54, 1.807) is 0 Å². The molecule has 4 heterocycles. The Morgan fingerprint density at radius 2 is 1.06 bits per heavy atom. The molecular weight excluding hydrogens is 688 g/mol. The van der Waals surface area contributed by atoms with Gasteiger partial charge in [0.2, 0.25) is 5.91 Å². The number of hydrogen-bond donors (Lipinski definition) is 13. The maximum absolute atomic E-state index is 11.8. The molecule has 13 N–H and O–H groups in total. The molecule has 24 heteroatoms. The van der Waals surface area contributed by atoms with Gasteiger partial charge >= 0.3 is 0 Å². The lowest BCUT2D eigenvalue weighted by Crippen LogP contribution is -2.68. The fourth-order valence-electron chi connectivity index (χ4n) is 6.09. The molecule has 0 aromatic rings. The molecule has 0 spiro atoms. The molecule has 4 rings (SSSR count). The Bertz CT molecular complexity index is 1150. The van der Waals surface area contributed by atoms with Crippen LogP contribution in [0.4, 0.5) is 0 Å². The third kappa shape index (κ3) is 8.46. The van der Waals surface area contributed by atoms with E-state index in [4.69, 9.17) is 38.7 Å². The quantitative estimate of drug-likeness (QED) is 0.0503. The van der Waals surface area contributed by atoms with Crippen LogP contribution in [0.3, 0.4) is 0 Å². The first-order valence-electron chi connectivity index (χ1n) is 15.5. The highest BCUT2D eigenvalue weighted by atomic mass is 16.8. The van der Waals surface area contributed by atoms with Crippen LogP contribution in [0.5, 0.6) is 0 Å². The molecule has 1 unspecified atom stereocenters. The second kappa shape index (κ2) is 17.7. The lowest BCUT2D eigenvalue weighted by Gasteiger charge is -2.49. The van der Waals surface area contributed by atoms with E-state index in [9.17, 15) is 66.1 Å². The van der Waals surface area contributed by atoms with E-state index >= 15 is 0 Å². The van der Waals surface area contributed by atoms with Gasteiger partial charge in [-0.05, 0) is 5.53 Å². The second-order valence-electron chi connectivity index (χ2n) is 12.1. The number of carbonyl (C=O) groups excluding carboxylic acids is 1. The van der Waals surface area contributed by atoms with E-state index in [0.29, 0.717) is 0 Å². The molecule has 0 bridgehead atoms. The van der Waals surface area contributed by atoms with Gasteiger partial charge in [0.1, 0.15) is 97.6 Å². The minimum Gasteiger partial charge on any atom is -0.394 e. The van der Waals surface area contributed by atoms with Crippen LogP contribution < -0.4 is 5.32 Å². The van der Waals surface area contributed by atoms with Crippen molar-refractivity contribution in [3.05, 3.63) is 10.4 Å². The summed E-state index contributed by atoms with van der Waals surface area (Å²) in [6.07, 6.45) is -33.4. The summed E-state index contributed by atoms with van der Waals surface area (Å²) in [5, 5.41) is 131. The molecule has 0 radical (unpaired) electrons. The van der Waals surface area contributed by atoms with Crippen LogP contribution in [-0.2, 0) is 38.0 Å². The molecule has 0 aromatic heterocycles. The number of ether oxygens (including phenoxy) is 7. The van der Waals surface area contributed by atoms with Gasteiger partial charge in [0, 0.05) is 11.8 Å². The van der Waals surface area contributed by atoms with Gasteiger partial charge in [0.05, 0.1) is 26.4 Å². The summed E-state index contributed by atoms with van der Waals surface area (Å²) in [6.45, 7) is -2.39. The van der Waals surface area contributed by atoms with Gasteiger partial charge < -0.3 is 99.8 Å². The number of aliphatic hydroxyl groups is 12. The highest BCUT2D eigenvalue weighted by molar-refractivity contribution is 5.73. The van der Waals surface area contributed by atoms with Gasteiger partial charge in [-0.25, -0.2) is 0 Å². The van der Waals surface area contributed by atoms with Gasteiger partial charge in [-0.2, -0.15) is 0 Å². The molecule has 288 valence electrons. The van der Waals surface area contributed by atoms with Crippen molar-refractivity contribution in [3.8, 4) is 0 Å². The predicted molar refractivity (Wildman–Crippen MR) is 152 cm³/mol. The van der Waals surface area contributed by atoms with Crippen molar-refractivity contribution >= 4 is 5.91 Å². The summed E-state index contributed by atoms with van der Waals surface area (Å²) in [6, 6.07) is -1.50. The summed E-state index contributed by atoms with van der Waals surface area (Å²) < 4.78 is 38.8. The maximum atomic E-state index is 11.8. The van der Waals surface area contributed by atoms with Crippen LogP contribution in [0, 0.1) is 0 Å². The zero-order valence-corrected chi connectivity index (χ0v) is 26.3. The predicted octanol–water partition coefficient (Wildman–Crippen LogP) is -8.29. The standard InChI is InChI=1S/C26H44N4O20/c1-6(35)28-11-14(38)12(36)7(2-31)45-24(11)50-22-13(37)8(3-32)46-26(19(22)43)49-21-10(5-34)47-25(18(42)16(21)40)48-20-9(4-33)44-23(29-30-27)17(41)15(20)39/h7-26,31-34,36-43H,2-5H2,1H3,(H,28,35)/t7-,8-,9-,10-,11-,12+,13+,14-,15-,16-,17-,18-,19-,20-,21+,22+,23?,24+,25+,26-/m1/s1.